The van der Waals surface area contributed by atoms with Crippen LogP contribution in [0.3, 0.4) is 0 Å². The van der Waals surface area contributed by atoms with Crippen LogP contribution in [0.4, 0.5) is 0 Å². The fourth-order valence-electron chi connectivity index (χ4n) is 1.28. The molecular formula is C9H16N2. The minimum Gasteiger partial charge on any atom is -0.316 e. The van der Waals surface area contributed by atoms with E-state index >= 15 is 0 Å². The van der Waals surface area contributed by atoms with Crippen LogP contribution in [0.5, 0.6) is 0 Å². The summed E-state index contributed by atoms with van der Waals surface area (Å²) in [7, 11) is 0. The van der Waals surface area contributed by atoms with Gasteiger partial charge in [0.05, 0.1) is 6.54 Å². The minimum absolute atomic E-state index is 0.799. The Labute approximate surface area is 69.0 Å². The van der Waals surface area contributed by atoms with Crippen LogP contribution in [0, 0.1) is 18.3 Å². The molecule has 0 aromatic rings. The van der Waals surface area contributed by atoms with E-state index in [0.717, 1.165) is 25.6 Å². The van der Waals surface area contributed by atoms with E-state index in [0.29, 0.717) is 0 Å². The maximum Gasteiger partial charge on any atom is 0.0598 e. The Kier molecular flexibility index (Phi) is 3.41. The van der Waals surface area contributed by atoms with Gasteiger partial charge in [-0.3, -0.25) is 4.90 Å². The molecule has 0 atom stereocenters. The molecule has 1 fully saturated rings. The van der Waals surface area contributed by atoms with Crippen LogP contribution in [0.15, 0.2) is 0 Å². The second-order valence-electron chi connectivity index (χ2n) is 3.06. The smallest absolute Gasteiger partial charge is 0.0598 e. The monoisotopic (exact) mass is 152 g/mol. The van der Waals surface area contributed by atoms with E-state index in [4.69, 9.17) is 6.42 Å². The average Bonchev–Trinajstić information content (AvgIpc) is 1.94. The van der Waals surface area contributed by atoms with Crippen LogP contribution in [0.25, 0.3) is 0 Å². The summed E-state index contributed by atoms with van der Waals surface area (Å²) in [5.41, 5.74) is 0. The Hall–Kier alpha value is -0.520. The molecule has 0 unspecified atom stereocenters. The van der Waals surface area contributed by atoms with Crippen LogP contribution in [0.1, 0.15) is 6.92 Å². The van der Waals surface area contributed by atoms with Crippen LogP contribution in [-0.2, 0) is 0 Å². The molecule has 2 heteroatoms. The van der Waals surface area contributed by atoms with E-state index in [-0.39, 0.29) is 0 Å². The summed E-state index contributed by atoms with van der Waals surface area (Å²) in [6.45, 7) is 7.52. The third-order valence-electron chi connectivity index (χ3n) is 2.14. The van der Waals surface area contributed by atoms with E-state index in [2.05, 4.69) is 23.1 Å². The summed E-state index contributed by atoms with van der Waals surface area (Å²) in [6.07, 6.45) is 5.23. The van der Waals surface area contributed by atoms with Crippen molar-refractivity contribution in [2.75, 3.05) is 32.7 Å². The molecule has 1 saturated heterocycles. The molecule has 0 spiro atoms. The Morgan fingerprint density at radius 3 is 2.73 bits per heavy atom. The molecule has 62 valence electrons. The van der Waals surface area contributed by atoms with Gasteiger partial charge in [0.2, 0.25) is 0 Å². The first-order valence-electron chi connectivity index (χ1n) is 4.23. The van der Waals surface area contributed by atoms with Gasteiger partial charge in [0, 0.05) is 19.6 Å². The zero-order valence-corrected chi connectivity index (χ0v) is 7.14. The Balaban J connectivity index is 2.14. The Morgan fingerprint density at radius 1 is 1.64 bits per heavy atom. The Bertz CT molecular complexity index is 144. The van der Waals surface area contributed by atoms with E-state index in [9.17, 15) is 0 Å². The first kappa shape index (κ1) is 8.58. The molecule has 0 amide bonds. The third kappa shape index (κ3) is 2.53. The van der Waals surface area contributed by atoms with Crippen LogP contribution in [-0.4, -0.2) is 37.6 Å². The summed E-state index contributed by atoms with van der Waals surface area (Å²) >= 11 is 0. The highest BCUT2D eigenvalue weighted by atomic mass is 15.1. The molecule has 0 aromatic heterocycles. The van der Waals surface area contributed by atoms with E-state index in [1.54, 1.807) is 0 Å². The molecule has 0 radical (unpaired) electrons. The molecular weight excluding hydrogens is 136 g/mol. The molecule has 0 bridgehead atoms. The van der Waals surface area contributed by atoms with Gasteiger partial charge in [-0.25, -0.2) is 0 Å². The largest absolute Gasteiger partial charge is 0.316 e. The van der Waals surface area contributed by atoms with Crippen LogP contribution >= 0.6 is 0 Å². The van der Waals surface area contributed by atoms with Gasteiger partial charge >= 0.3 is 0 Å². The fraction of sp³-hybridized carbons (Fsp3) is 0.778. The lowest BCUT2D eigenvalue weighted by atomic mass is 10.0. The van der Waals surface area contributed by atoms with Crippen molar-refractivity contribution in [2.24, 2.45) is 5.92 Å². The zero-order chi connectivity index (χ0) is 8.10. The third-order valence-corrected chi connectivity index (χ3v) is 2.14. The molecule has 1 heterocycles. The maximum absolute atomic E-state index is 5.23. The fourth-order valence-corrected chi connectivity index (χ4v) is 1.28. The molecule has 2 nitrogen and oxygen atoms in total. The van der Waals surface area contributed by atoms with Gasteiger partial charge in [-0.1, -0.05) is 12.8 Å². The zero-order valence-electron chi connectivity index (χ0n) is 7.14. The summed E-state index contributed by atoms with van der Waals surface area (Å²) in [5.74, 6) is 3.51. The standard InChI is InChI=1S/C9H16N2/c1-3-5-11(4-2)8-9-6-10-7-9/h1,9-10H,4-8H2,2H3. The molecule has 1 N–H and O–H groups in total. The number of nitrogens with zero attached hydrogens (tertiary/aromatic N) is 1. The number of hydrogen-bond acceptors (Lipinski definition) is 2. The van der Waals surface area contributed by atoms with Crippen molar-refractivity contribution in [2.45, 2.75) is 6.92 Å². The molecule has 1 aliphatic rings. The van der Waals surface area contributed by atoms with Gasteiger partial charge in [0.15, 0.2) is 0 Å². The first-order valence-corrected chi connectivity index (χ1v) is 4.23. The second-order valence-corrected chi connectivity index (χ2v) is 3.06. The van der Waals surface area contributed by atoms with E-state index < -0.39 is 0 Å². The van der Waals surface area contributed by atoms with Crippen LogP contribution in [0.2, 0.25) is 0 Å². The summed E-state index contributed by atoms with van der Waals surface area (Å²) < 4.78 is 0. The van der Waals surface area contributed by atoms with Gasteiger partial charge in [0.1, 0.15) is 0 Å². The van der Waals surface area contributed by atoms with Crippen molar-refractivity contribution < 1.29 is 0 Å². The quantitative estimate of drug-likeness (QED) is 0.577. The average molecular weight is 152 g/mol. The summed E-state index contributed by atoms with van der Waals surface area (Å²) in [4.78, 5) is 2.31. The predicted molar refractivity (Wildman–Crippen MR) is 47.3 cm³/mol. The number of rotatable bonds is 4. The molecule has 0 saturated carbocycles. The van der Waals surface area contributed by atoms with Crippen molar-refractivity contribution in [3.05, 3.63) is 0 Å². The van der Waals surface area contributed by atoms with Crippen molar-refractivity contribution >= 4 is 0 Å². The topological polar surface area (TPSA) is 15.3 Å². The minimum atomic E-state index is 0.799. The molecule has 1 aliphatic heterocycles. The van der Waals surface area contributed by atoms with Crippen molar-refractivity contribution in [3.63, 3.8) is 0 Å². The number of terminal acetylenes is 1. The van der Waals surface area contributed by atoms with Crippen LogP contribution < -0.4 is 5.32 Å². The highest BCUT2D eigenvalue weighted by Gasteiger charge is 2.18. The van der Waals surface area contributed by atoms with Gasteiger partial charge in [-0.05, 0) is 12.5 Å². The van der Waals surface area contributed by atoms with Gasteiger partial charge in [0.25, 0.3) is 0 Å². The highest BCUT2D eigenvalue weighted by molar-refractivity contribution is 4.89. The van der Waals surface area contributed by atoms with Gasteiger partial charge < -0.3 is 5.32 Å². The Morgan fingerprint density at radius 2 is 2.36 bits per heavy atom. The second kappa shape index (κ2) is 4.38. The molecule has 11 heavy (non-hydrogen) atoms. The molecule has 1 rings (SSSR count). The first-order chi connectivity index (χ1) is 5.36. The maximum atomic E-state index is 5.23. The molecule has 0 aromatic carbocycles. The highest BCUT2D eigenvalue weighted by Crippen LogP contribution is 2.04. The van der Waals surface area contributed by atoms with E-state index in [1.165, 1.54) is 13.1 Å². The van der Waals surface area contributed by atoms with E-state index in [1.807, 2.05) is 0 Å². The SMILES string of the molecule is C#CCN(CC)CC1CNC1. The van der Waals surface area contributed by atoms with Gasteiger partial charge in [-0.2, -0.15) is 0 Å². The normalized spacial score (nSPS) is 17.9. The predicted octanol–water partition coefficient (Wildman–Crippen LogP) is 0.161. The summed E-state index contributed by atoms with van der Waals surface area (Å²) in [6, 6.07) is 0. The lowest BCUT2D eigenvalue weighted by Crippen LogP contribution is -2.48. The number of hydrogen-bond donors (Lipinski definition) is 1. The van der Waals surface area contributed by atoms with Gasteiger partial charge in [-0.15, -0.1) is 6.42 Å². The lowest BCUT2D eigenvalue weighted by Gasteiger charge is -2.31. The number of nitrogens with one attached hydrogen (secondary N) is 1. The lowest BCUT2D eigenvalue weighted by molar-refractivity contribution is 0.217. The van der Waals surface area contributed by atoms with Crippen molar-refractivity contribution in [3.8, 4) is 12.3 Å². The molecule has 0 aliphatic carbocycles. The van der Waals surface area contributed by atoms with Crippen molar-refractivity contribution in [1.29, 1.82) is 0 Å². The summed E-state index contributed by atoms with van der Waals surface area (Å²) in [5, 5.41) is 3.25. The van der Waals surface area contributed by atoms with Crippen molar-refractivity contribution in [1.82, 2.24) is 10.2 Å².